The molecular formula is C16H30N2O2. The van der Waals surface area contributed by atoms with E-state index >= 15 is 0 Å². The molecule has 0 aromatic carbocycles. The van der Waals surface area contributed by atoms with Gasteiger partial charge in [0.05, 0.1) is 7.11 Å². The number of ether oxygens (including phenoxy) is 1. The van der Waals surface area contributed by atoms with E-state index in [-0.39, 0.29) is 5.97 Å². The van der Waals surface area contributed by atoms with Gasteiger partial charge in [-0.3, -0.25) is 4.79 Å². The number of hydrogen-bond donors (Lipinski definition) is 1. The van der Waals surface area contributed by atoms with Crippen molar-refractivity contribution in [3.63, 3.8) is 0 Å². The lowest BCUT2D eigenvalue weighted by Gasteiger charge is -2.30. The van der Waals surface area contributed by atoms with E-state index in [4.69, 9.17) is 4.74 Å². The van der Waals surface area contributed by atoms with Gasteiger partial charge in [0.2, 0.25) is 0 Å². The van der Waals surface area contributed by atoms with Crippen LogP contribution in [0.2, 0.25) is 0 Å². The van der Waals surface area contributed by atoms with Gasteiger partial charge in [-0.25, -0.2) is 0 Å². The first kappa shape index (κ1) is 15.8. The standard InChI is InChI=1S/C16H30N2O2/c1-5-8-17-16(15(19)20-4)7-6-14(10-16)18(3)11-13-9-12(13)2/h12-14,17H,5-11H2,1-4H3. The van der Waals surface area contributed by atoms with Gasteiger partial charge in [-0.15, -0.1) is 0 Å². The third kappa shape index (κ3) is 3.34. The zero-order valence-electron chi connectivity index (χ0n) is 13.4. The molecule has 4 heteroatoms. The highest BCUT2D eigenvalue weighted by molar-refractivity contribution is 5.81. The van der Waals surface area contributed by atoms with Gasteiger partial charge < -0.3 is 15.0 Å². The highest BCUT2D eigenvalue weighted by Crippen LogP contribution is 2.40. The molecule has 0 aliphatic heterocycles. The Kier molecular flexibility index (Phi) is 5.08. The van der Waals surface area contributed by atoms with Gasteiger partial charge in [-0.05, 0) is 57.5 Å². The summed E-state index contributed by atoms with van der Waals surface area (Å²) in [5.41, 5.74) is -0.446. The molecule has 0 heterocycles. The third-order valence-electron chi connectivity index (χ3n) is 5.20. The lowest BCUT2D eigenvalue weighted by Crippen LogP contribution is -2.52. The molecule has 20 heavy (non-hydrogen) atoms. The molecule has 2 aliphatic carbocycles. The zero-order chi connectivity index (χ0) is 14.8. The van der Waals surface area contributed by atoms with Crippen LogP contribution in [0.15, 0.2) is 0 Å². The van der Waals surface area contributed by atoms with Crippen LogP contribution in [0.4, 0.5) is 0 Å². The summed E-state index contributed by atoms with van der Waals surface area (Å²) in [6, 6.07) is 0.506. The zero-order valence-corrected chi connectivity index (χ0v) is 13.4. The monoisotopic (exact) mass is 282 g/mol. The van der Waals surface area contributed by atoms with E-state index in [1.807, 2.05) is 0 Å². The summed E-state index contributed by atoms with van der Waals surface area (Å²) in [6.45, 7) is 6.52. The van der Waals surface area contributed by atoms with Crippen LogP contribution in [0.3, 0.4) is 0 Å². The smallest absolute Gasteiger partial charge is 0.326 e. The van der Waals surface area contributed by atoms with E-state index in [1.54, 1.807) is 0 Å². The number of methoxy groups -OCH3 is 1. The maximum Gasteiger partial charge on any atom is 0.326 e. The van der Waals surface area contributed by atoms with Crippen molar-refractivity contribution < 1.29 is 9.53 Å². The third-order valence-corrected chi connectivity index (χ3v) is 5.20. The van der Waals surface area contributed by atoms with E-state index in [9.17, 15) is 4.79 Å². The topological polar surface area (TPSA) is 41.6 Å². The van der Waals surface area contributed by atoms with E-state index in [1.165, 1.54) is 20.1 Å². The molecule has 0 aromatic heterocycles. The number of esters is 1. The van der Waals surface area contributed by atoms with Gasteiger partial charge in [-0.2, -0.15) is 0 Å². The molecule has 2 saturated carbocycles. The summed E-state index contributed by atoms with van der Waals surface area (Å²) < 4.78 is 5.05. The summed E-state index contributed by atoms with van der Waals surface area (Å²) in [5, 5.41) is 3.46. The average Bonchev–Trinajstić information content (AvgIpc) is 2.96. The van der Waals surface area contributed by atoms with E-state index in [0.29, 0.717) is 6.04 Å². The minimum absolute atomic E-state index is 0.0818. The molecule has 0 spiro atoms. The molecule has 116 valence electrons. The molecule has 0 aromatic rings. The van der Waals surface area contributed by atoms with Crippen LogP contribution >= 0.6 is 0 Å². The molecule has 4 unspecified atom stereocenters. The molecule has 2 aliphatic rings. The fraction of sp³-hybridized carbons (Fsp3) is 0.938. The van der Waals surface area contributed by atoms with Crippen molar-refractivity contribution in [2.75, 3.05) is 27.2 Å². The van der Waals surface area contributed by atoms with Gasteiger partial charge >= 0.3 is 5.97 Å². The van der Waals surface area contributed by atoms with Gasteiger partial charge in [0.1, 0.15) is 5.54 Å². The second-order valence-corrected chi connectivity index (χ2v) is 6.81. The van der Waals surface area contributed by atoms with Crippen LogP contribution in [0, 0.1) is 11.8 Å². The fourth-order valence-corrected chi connectivity index (χ4v) is 3.55. The van der Waals surface area contributed by atoms with Crippen LogP contribution < -0.4 is 5.32 Å². The second-order valence-electron chi connectivity index (χ2n) is 6.81. The van der Waals surface area contributed by atoms with Gasteiger partial charge in [-0.1, -0.05) is 13.8 Å². The van der Waals surface area contributed by atoms with Crippen molar-refractivity contribution in [3.8, 4) is 0 Å². The first-order valence-corrected chi connectivity index (χ1v) is 8.06. The highest BCUT2D eigenvalue weighted by Gasteiger charge is 2.47. The lowest BCUT2D eigenvalue weighted by atomic mass is 9.97. The van der Waals surface area contributed by atoms with Crippen molar-refractivity contribution in [2.45, 2.75) is 57.5 Å². The Morgan fingerprint density at radius 2 is 2.20 bits per heavy atom. The number of carbonyl (C=O) groups excluding carboxylic acids is 1. The normalized spacial score (nSPS) is 36.4. The van der Waals surface area contributed by atoms with Crippen molar-refractivity contribution in [3.05, 3.63) is 0 Å². The molecular weight excluding hydrogens is 252 g/mol. The molecule has 2 rings (SSSR count). The van der Waals surface area contributed by atoms with E-state index in [2.05, 4.69) is 31.1 Å². The molecule has 0 bridgehead atoms. The van der Waals surface area contributed by atoms with Gasteiger partial charge in [0.15, 0.2) is 0 Å². The Labute approximate surface area is 123 Å². The summed E-state index contributed by atoms with van der Waals surface area (Å²) in [7, 11) is 3.71. The van der Waals surface area contributed by atoms with Crippen LogP contribution in [-0.2, 0) is 9.53 Å². The van der Waals surface area contributed by atoms with Crippen LogP contribution in [-0.4, -0.2) is 49.7 Å². The van der Waals surface area contributed by atoms with Gasteiger partial charge in [0.25, 0.3) is 0 Å². The first-order chi connectivity index (χ1) is 9.52. The predicted molar refractivity (Wildman–Crippen MR) is 80.6 cm³/mol. The molecule has 4 atom stereocenters. The predicted octanol–water partition coefficient (Wildman–Crippen LogP) is 2.04. The molecule has 2 fully saturated rings. The minimum atomic E-state index is -0.446. The molecule has 0 amide bonds. The molecule has 0 saturated heterocycles. The molecule has 0 radical (unpaired) electrons. The number of nitrogens with one attached hydrogen (secondary N) is 1. The van der Waals surface area contributed by atoms with E-state index < -0.39 is 5.54 Å². The Morgan fingerprint density at radius 1 is 1.50 bits per heavy atom. The Morgan fingerprint density at radius 3 is 2.75 bits per heavy atom. The number of hydrogen-bond acceptors (Lipinski definition) is 4. The SMILES string of the molecule is CCCNC1(C(=O)OC)CCC(N(C)CC2CC2C)C1. The maximum absolute atomic E-state index is 12.2. The number of carbonyl (C=O) groups is 1. The van der Waals surface area contributed by atoms with Crippen LogP contribution in [0.5, 0.6) is 0 Å². The molecule has 1 N–H and O–H groups in total. The minimum Gasteiger partial charge on any atom is -0.468 e. The fourth-order valence-electron chi connectivity index (χ4n) is 3.55. The van der Waals surface area contributed by atoms with Crippen molar-refractivity contribution in [1.29, 1.82) is 0 Å². The quantitative estimate of drug-likeness (QED) is 0.726. The summed E-state index contributed by atoms with van der Waals surface area (Å²) in [5.74, 6) is 1.68. The summed E-state index contributed by atoms with van der Waals surface area (Å²) in [6.07, 6.45) is 5.28. The summed E-state index contributed by atoms with van der Waals surface area (Å²) in [4.78, 5) is 14.7. The van der Waals surface area contributed by atoms with Crippen LogP contribution in [0.1, 0.15) is 46.0 Å². The largest absolute Gasteiger partial charge is 0.468 e. The highest BCUT2D eigenvalue weighted by atomic mass is 16.5. The van der Waals surface area contributed by atoms with Crippen molar-refractivity contribution >= 4 is 5.97 Å². The Hall–Kier alpha value is -0.610. The number of rotatable bonds is 7. The first-order valence-electron chi connectivity index (χ1n) is 8.06. The summed E-state index contributed by atoms with van der Waals surface area (Å²) >= 11 is 0. The Bertz CT molecular complexity index is 347. The average molecular weight is 282 g/mol. The van der Waals surface area contributed by atoms with Crippen molar-refractivity contribution in [2.24, 2.45) is 11.8 Å². The lowest BCUT2D eigenvalue weighted by molar-refractivity contribution is -0.148. The van der Waals surface area contributed by atoms with Gasteiger partial charge in [0, 0.05) is 12.6 Å². The Balaban J connectivity index is 1.93. The molecule has 4 nitrogen and oxygen atoms in total. The van der Waals surface area contributed by atoms with E-state index in [0.717, 1.165) is 44.1 Å². The van der Waals surface area contributed by atoms with Crippen LogP contribution in [0.25, 0.3) is 0 Å². The maximum atomic E-state index is 12.2. The number of nitrogens with zero attached hydrogens (tertiary/aromatic N) is 1. The van der Waals surface area contributed by atoms with Crippen molar-refractivity contribution in [1.82, 2.24) is 10.2 Å². The second kappa shape index (κ2) is 6.44.